The molecule has 0 atom stereocenters. The topological polar surface area (TPSA) is 137 Å². The van der Waals surface area contributed by atoms with Gasteiger partial charge in [-0.1, -0.05) is 35.0 Å². The monoisotopic (exact) mass is 474 g/mol. The Balaban J connectivity index is 1.61. The minimum Gasteiger partial charge on any atom is -0.378 e. The predicted octanol–water partition coefficient (Wildman–Crippen LogP) is 3.39. The van der Waals surface area contributed by atoms with E-state index in [1.807, 2.05) is 36.4 Å². The summed E-state index contributed by atoms with van der Waals surface area (Å²) in [6.07, 6.45) is 0. The summed E-state index contributed by atoms with van der Waals surface area (Å²) in [5.41, 5.74) is 9.50. The van der Waals surface area contributed by atoms with Gasteiger partial charge in [-0.25, -0.2) is 10.1 Å². The van der Waals surface area contributed by atoms with Gasteiger partial charge in [-0.3, -0.25) is 4.79 Å². The van der Waals surface area contributed by atoms with E-state index in [4.69, 9.17) is 17.3 Å². The van der Waals surface area contributed by atoms with Crippen molar-refractivity contribution in [1.29, 1.82) is 0 Å². The van der Waals surface area contributed by atoms with Crippen molar-refractivity contribution >= 4 is 52.1 Å². The number of anilines is 1. The van der Waals surface area contributed by atoms with Gasteiger partial charge in [0.25, 0.3) is 5.91 Å². The number of nitrogens with zero attached hydrogens (tertiary/aromatic N) is 6. The van der Waals surface area contributed by atoms with Crippen molar-refractivity contribution in [3.63, 3.8) is 0 Å². The van der Waals surface area contributed by atoms with E-state index in [2.05, 4.69) is 35.8 Å². The van der Waals surface area contributed by atoms with E-state index in [-0.39, 0.29) is 17.3 Å². The third-order valence-corrected chi connectivity index (χ3v) is 6.41. The maximum atomic E-state index is 12.8. The molecule has 4 rings (SSSR count). The molecule has 10 nitrogen and oxygen atoms in total. The van der Waals surface area contributed by atoms with Gasteiger partial charge in [-0.2, -0.15) is 9.78 Å². The van der Waals surface area contributed by atoms with Gasteiger partial charge in [0.2, 0.25) is 11.6 Å². The molecule has 3 N–H and O–H groups in total. The average Bonchev–Trinajstić information content (AvgIpc) is 3.50. The summed E-state index contributed by atoms with van der Waals surface area (Å²) in [5.74, 6) is 0.0382. The number of hydrogen-bond donors (Lipinski definition) is 2. The number of nitrogens with two attached hydrogens (primary N) is 1. The Morgan fingerprint density at radius 2 is 2.10 bits per heavy atom. The van der Waals surface area contributed by atoms with Gasteiger partial charge in [0.05, 0.1) is 20.6 Å². The molecule has 0 saturated carbocycles. The zero-order chi connectivity index (χ0) is 21.8. The number of thiophene rings is 1. The first kappa shape index (κ1) is 21.0. The van der Waals surface area contributed by atoms with E-state index in [0.717, 1.165) is 9.77 Å². The lowest BCUT2D eigenvalue weighted by atomic mass is 10.3. The molecule has 0 unspecified atom stereocenters. The van der Waals surface area contributed by atoms with Crippen LogP contribution in [0.5, 0.6) is 0 Å². The molecule has 13 heteroatoms. The van der Waals surface area contributed by atoms with Crippen LogP contribution < -0.4 is 11.2 Å². The summed E-state index contributed by atoms with van der Waals surface area (Å²) >= 11 is 8.82. The van der Waals surface area contributed by atoms with Gasteiger partial charge in [-0.05, 0) is 41.5 Å². The number of hydrazone groups is 1. The summed E-state index contributed by atoms with van der Waals surface area (Å²) in [6, 6.07) is 13.3. The Morgan fingerprint density at radius 1 is 1.29 bits per heavy atom. The van der Waals surface area contributed by atoms with Gasteiger partial charge in [0, 0.05) is 10.6 Å². The number of nitrogen functional groups attached to an aromatic ring is 1. The largest absolute Gasteiger partial charge is 0.378 e. The molecule has 0 aliphatic heterocycles. The third-order valence-electron chi connectivity index (χ3n) is 4.05. The molecule has 31 heavy (non-hydrogen) atoms. The fourth-order valence-corrected chi connectivity index (χ4v) is 4.44. The first-order chi connectivity index (χ1) is 15.0. The number of rotatable bonds is 7. The van der Waals surface area contributed by atoms with Crippen LogP contribution in [0, 0.1) is 0 Å². The lowest BCUT2D eigenvalue weighted by molar-refractivity contribution is 0.0949. The molecule has 0 aliphatic rings. The van der Waals surface area contributed by atoms with Crippen LogP contribution in [0.25, 0.3) is 5.82 Å². The summed E-state index contributed by atoms with van der Waals surface area (Å²) in [7, 11) is 0. The second-order valence-corrected chi connectivity index (χ2v) is 8.88. The third kappa shape index (κ3) is 4.76. The molecule has 3 aromatic heterocycles. The molecule has 4 aromatic rings. The quantitative estimate of drug-likeness (QED) is 0.236. The van der Waals surface area contributed by atoms with Gasteiger partial charge < -0.3 is 5.73 Å². The van der Waals surface area contributed by atoms with E-state index in [0.29, 0.717) is 21.5 Å². The molecule has 0 aliphatic carbocycles. The number of benzene rings is 1. The van der Waals surface area contributed by atoms with Crippen LogP contribution in [0.1, 0.15) is 28.0 Å². The zero-order valence-electron chi connectivity index (χ0n) is 16.0. The SMILES string of the molecule is CC(=NNC(=O)c1nnn(-c2nonc2N)c1CSc1ccccc1)c1ccc(Cl)s1. The fraction of sp³-hybridized carbons (Fsp3) is 0.111. The molecule has 1 aromatic carbocycles. The van der Waals surface area contributed by atoms with Crippen LogP contribution in [0.15, 0.2) is 57.1 Å². The minimum atomic E-state index is -0.521. The van der Waals surface area contributed by atoms with Crippen molar-refractivity contribution in [3.8, 4) is 5.82 Å². The number of carbonyl (C=O) groups is 1. The normalized spacial score (nSPS) is 11.6. The van der Waals surface area contributed by atoms with Gasteiger partial charge in [-0.15, -0.1) is 28.2 Å². The molecule has 1 amide bonds. The maximum absolute atomic E-state index is 12.8. The molecular formula is C18H15ClN8O2S2. The number of amides is 1. The standard InChI is InChI=1S/C18H15ClN8O2S2/c1-10(13-7-8-14(19)31-13)21-23-18(28)15-12(9-30-11-5-3-2-4-6-11)27(26-22-15)17-16(20)24-29-25-17/h2-8H,9H2,1H3,(H2,20,24)(H,23,28). The van der Waals surface area contributed by atoms with Crippen LogP contribution in [-0.4, -0.2) is 36.9 Å². The van der Waals surface area contributed by atoms with Crippen LogP contribution in [0.3, 0.4) is 0 Å². The zero-order valence-corrected chi connectivity index (χ0v) is 18.4. The number of aromatic nitrogens is 5. The Bertz CT molecular complexity index is 1230. The minimum absolute atomic E-state index is 0.0336. The Morgan fingerprint density at radius 3 is 2.77 bits per heavy atom. The summed E-state index contributed by atoms with van der Waals surface area (Å²) in [4.78, 5) is 14.7. The van der Waals surface area contributed by atoms with E-state index < -0.39 is 5.91 Å². The number of halogens is 1. The van der Waals surface area contributed by atoms with Crippen molar-refractivity contribution in [3.05, 3.63) is 63.1 Å². The highest BCUT2D eigenvalue weighted by atomic mass is 35.5. The van der Waals surface area contributed by atoms with Gasteiger partial charge in [0.15, 0.2) is 5.69 Å². The van der Waals surface area contributed by atoms with E-state index in [1.165, 1.54) is 27.8 Å². The van der Waals surface area contributed by atoms with Crippen molar-refractivity contribution in [1.82, 2.24) is 30.7 Å². The smallest absolute Gasteiger partial charge is 0.293 e. The Kier molecular flexibility index (Phi) is 6.30. The molecule has 158 valence electrons. The molecule has 0 spiro atoms. The molecule has 3 heterocycles. The highest BCUT2D eigenvalue weighted by Crippen LogP contribution is 2.26. The number of carbonyl (C=O) groups excluding carboxylic acids is 1. The van der Waals surface area contributed by atoms with E-state index >= 15 is 0 Å². The highest BCUT2D eigenvalue weighted by molar-refractivity contribution is 7.98. The molecule has 0 saturated heterocycles. The Hall–Kier alpha value is -3.22. The van der Waals surface area contributed by atoms with Crippen molar-refractivity contribution < 1.29 is 9.42 Å². The first-order valence-electron chi connectivity index (χ1n) is 8.84. The van der Waals surface area contributed by atoms with E-state index in [1.54, 1.807) is 13.0 Å². The highest BCUT2D eigenvalue weighted by Gasteiger charge is 2.24. The van der Waals surface area contributed by atoms with Crippen molar-refractivity contribution in [2.24, 2.45) is 5.10 Å². The second-order valence-electron chi connectivity index (χ2n) is 6.11. The number of hydrogen-bond acceptors (Lipinski definition) is 10. The van der Waals surface area contributed by atoms with Crippen LogP contribution >= 0.6 is 34.7 Å². The van der Waals surface area contributed by atoms with Crippen LogP contribution in [0.4, 0.5) is 5.82 Å². The summed E-state index contributed by atoms with van der Waals surface area (Å²) < 4.78 is 6.64. The summed E-state index contributed by atoms with van der Waals surface area (Å²) in [6.45, 7) is 1.77. The van der Waals surface area contributed by atoms with Crippen molar-refractivity contribution in [2.75, 3.05) is 5.73 Å². The van der Waals surface area contributed by atoms with E-state index in [9.17, 15) is 4.79 Å². The predicted molar refractivity (Wildman–Crippen MR) is 119 cm³/mol. The average molecular weight is 475 g/mol. The molecule has 0 radical (unpaired) electrons. The molecule has 0 bridgehead atoms. The number of thioether (sulfide) groups is 1. The van der Waals surface area contributed by atoms with Gasteiger partial charge >= 0.3 is 0 Å². The van der Waals surface area contributed by atoms with Crippen LogP contribution in [-0.2, 0) is 5.75 Å². The lowest BCUT2D eigenvalue weighted by Crippen LogP contribution is -2.21. The number of nitrogens with one attached hydrogen (secondary N) is 1. The maximum Gasteiger partial charge on any atom is 0.293 e. The first-order valence-corrected chi connectivity index (χ1v) is 11.0. The second kappa shape index (κ2) is 9.29. The molecular weight excluding hydrogens is 460 g/mol. The fourth-order valence-electron chi connectivity index (χ4n) is 2.54. The van der Waals surface area contributed by atoms with Crippen LogP contribution in [0.2, 0.25) is 4.34 Å². The van der Waals surface area contributed by atoms with Crippen molar-refractivity contribution in [2.45, 2.75) is 17.6 Å². The Labute approximate surface area is 189 Å². The van der Waals surface area contributed by atoms with Gasteiger partial charge in [0.1, 0.15) is 0 Å². The summed E-state index contributed by atoms with van der Waals surface area (Å²) in [5, 5.41) is 19.5. The molecule has 0 fully saturated rings. The lowest BCUT2D eigenvalue weighted by Gasteiger charge is -2.06.